The number of hydrogen-bond donors (Lipinski definition) is 1. The van der Waals surface area contributed by atoms with Crippen molar-refractivity contribution in [3.05, 3.63) is 59.7 Å². The van der Waals surface area contributed by atoms with E-state index in [0.717, 1.165) is 16.3 Å². The molecule has 0 aromatic heterocycles. The third-order valence-electron chi connectivity index (χ3n) is 3.29. The molecule has 2 N–H and O–H groups in total. The van der Waals surface area contributed by atoms with Crippen LogP contribution in [0.2, 0.25) is 0 Å². The number of carbonyl (C=O) groups is 2. The van der Waals surface area contributed by atoms with E-state index >= 15 is 0 Å². The maximum atomic E-state index is 12.3. The Kier molecular flexibility index (Phi) is 4.08. The first-order valence-electron chi connectivity index (χ1n) is 6.56. The quantitative estimate of drug-likeness (QED) is 0.693. The van der Waals surface area contributed by atoms with E-state index in [1.54, 1.807) is 13.0 Å². The second-order valence-corrected chi connectivity index (χ2v) is 5.01. The fourth-order valence-electron chi connectivity index (χ4n) is 2.20. The number of nitrogens with two attached hydrogens (primary N) is 1. The smallest absolute Gasteiger partial charge is 0.339 e. The molecule has 0 aliphatic heterocycles. The maximum absolute atomic E-state index is 12.3. The van der Waals surface area contributed by atoms with Gasteiger partial charge in [-0.15, -0.1) is 0 Å². The predicted octanol–water partition coefficient (Wildman–Crippen LogP) is 2.74. The Hall–Kier alpha value is -2.62. The fraction of sp³-hybridized carbons (Fsp3) is 0.176. The van der Waals surface area contributed by atoms with Gasteiger partial charge in [0.25, 0.3) is 5.91 Å². The minimum atomic E-state index is -1.11. The summed E-state index contributed by atoms with van der Waals surface area (Å²) in [5, 5.41) is 1.75. The van der Waals surface area contributed by atoms with Crippen LogP contribution in [0.15, 0.2) is 48.6 Å². The summed E-state index contributed by atoms with van der Waals surface area (Å²) in [6, 6.07) is 11.1. The summed E-state index contributed by atoms with van der Waals surface area (Å²) in [4.78, 5) is 23.6. The molecule has 0 saturated carbocycles. The normalized spacial score (nSPS) is 11.9. The van der Waals surface area contributed by atoms with Gasteiger partial charge in [-0.3, -0.25) is 4.79 Å². The molecule has 0 aliphatic rings. The molecule has 0 bridgehead atoms. The Labute approximate surface area is 123 Å². The Morgan fingerprint density at radius 1 is 1.14 bits per heavy atom. The van der Waals surface area contributed by atoms with Crippen LogP contribution >= 0.6 is 0 Å². The first-order chi connectivity index (χ1) is 9.91. The first-order valence-corrected chi connectivity index (χ1v) is 6.56. The average molecular weight is 283 g/mol. The summed E-state index contributed by atoms with van der Waals surface area (Å²) in [6.07, 6.45) is -1.11. The van der Waals surface area contributed by atoms with E-state index < -0.39 is 18.0 Å². The Morgan fingerprint density at radius 2 is 1.76 bits per heavy atom. The standard InChI is InChI=1S/C17H17NO3/c1-10(2)15(16(18)19)21-17(20)14-9-8-11(3)12-6-4-5-7-13(12)14/h4-9,15H,1H2,2-3H3,(H2,18,19)/t15-/m1/s1. The molecule has 2 rings (SSSR count). The van der Waals surface area contributed by atoms with Crippen molar-refractivity contribution in [1.29, 1.82) is 0 Å². The van der Waals surface area contributed by atoms with E-state index in [0.29, 0.717) is 11.1 Å². The largest absolute Gasteiger partial charge is 0.444 e. The number of amides is 1. The van der Waals surface area contributed by atoms with Gasteiger partial charge in [0.2, 0.25) is 6.10 Å². The molecule has 0 aliphatic carbocycles. The molecule has 0 spiro atoms. The number of fused-ring (bicyclic) bond motifs is 1. The van der Waals surface area contributed by atoms with Crippen LogP contribution in [0.5, 0.6) is 0 Å². The zero-order chi connectivity index (χ0) is 15.6. The predicted molar refractivity (Wildman–Crippen MR) is 81.9 cm³/mol. The monoisotopic (exact) mass is 283 g/mol. The topological polar surface area (TPSA) is 69.4 Å². The van der Waals surface area contributed by atoms with E-state index in [9.17, 15) is 9.59 Å². The Bertz CT molecular complexity index is 720. The van der Waals surface area contributed by atoms with Gasteiger partial charge in [-0.2, -0.15) is 0 Å². The van der Waals surface area contributed by atoms with Crippen LogP contribution in [0.1, 0.15) is 22.8 Å². The van der Waals surface area contributed by atoms with Gasteiger partial charge < -0.3 is 10.5 Å². The van der Waals surface area contributed by atoms with Crippen molar-refractivity contribution < 1.29 is 14.3 Å². The van der Waals surface area contributed by atoms with E-state index in [1.165, 1.54) is 0 Å². The van der Waals surface area contributed by atoms with Crippen LogP contribution in [0, 0.1) is 6.92 Å². The highest BCUT2D eigenvalue weighted by atomic mass is 16.5. The van der Waals surface area contributed by atoms with E-state index in [1.807, 2.05) is 37.3 Å². The molecule has 21 heavy (non-hydrogen) atoms. The zero-order valence-electron chi connectivity index (χ0n) is 12.1. The molecular weight excluding hydrogens is 266 g/mol. The van der Waals surface area contributed by atoms with Gasteiger partial charge in [-0.05, 0) is 41.8 Å². The number of carbonyl (C=O) groups excluding carboxylic acids is 2. The molecule has 0 radical (unpaired) electrons. The third-order valence-corrected chi connectivity index (χ3v) is 3.29. The molecule has 1 amide bonds. The number of ether oxygens (including phenoxy) is 1. The van der Waals surface area contributed by atoms with Gasteiger partial charge in [0, 0.05) is 0 Å². The summed E-state index contributed by atoms with van der Waals surface area (Å²) >= 11 is 0. The molecule has 108 valence electrons. The SMILES string of the molecule is C=C(C)[C@@H](OC(=O)c1ccc(C)c2ccccc12)C(N)=O. The summed E-state index contributed by atoms with van der Waals surface area (Å²) in [6.45, 7) is 7.18. The molecule has 2 aromatic carbocycles. The summed E-state index contributed by atoms with van der Waals surface area (Å²) in [7, 11) is 0. The van der Waals surface area contributed by atoms with Crippen molar-refractivity contribution >= 4 is 22.6 Å². The molecule has 0 heterocycles. The first kappa shape index (κ1) is 14.8. The van der Waals surface area contributed by atoms with Crippen LogP contribution < -0.4 is 5.73 Å². The molecule has 0 saturated heterocycles. The molecule has 4 heteroatoms. The van der Waals surface area contributed by atoms with Gasteiger partial charge in [0.1, 0.15) is 0 Å². The molecule has 2 aromatic rings. The van der Waals surface area contributed by atoms with Crippen LogP contribution in [0.25, 0.3) is 10.8 Å². The van der Waals surface area contributed by atoms with Crippen molar-refractivity contribution in [3.8, 4) is 0 Å². The average Bonchev–Trinajstić information content (AvgIpc) is 2.44. The molecule has 0 unspecified atom stereocenters. The lowest BCUT2D eigenvalue weighted by molar-refractivity contribution is -0.124. The zero-order valence-corrected chi connectivity index (χ0v) is 12.1. The molecule has 0 fully saturated rings. The molecule has 1 atom stereocenters. The van der Waals surface area contributed by atoms with E-state index in [4.69, 9.17) is 10.5 Å². The number of benzene rings is 2. The minimum absolute atomic E-state index is 0.396. The van der Waals surface area contributed by atoms with Crippen molar-refractivity contribution in [2.45, 2.75) is 20.0 Å². The minimum Gasteiger partial charge on any atom is -0.444 e. The number of hydrogen-bond acceptors (Lipinski definition) is 3. The lowest BCUT2D eigenvalue weighted by Gasteiger charge is -2.15. The van der Waals surface area contributed by atoms with Crippen molar-refractivity contribution in [2.24, 2.45) is 5.73 Å². The number of primary amides is 1. The Morgan fingerprint density at radius 3 is 2.33 bits per heavy atom. The highest BCUT2D eigenvalue weighted by molar-refractivity contribution is 6.06. The van der Waals surface area contributed by atoms with Crippen LogP contribution in [0.3, 0.4) is 0 Å². The van der Waals surface area contributed by atoms with Gasteiger partial charge >= 0.3 is 5.97 Å². The Balaban J connectivity index is 2.43. The number of esters is 1. The highest BCUT2D eigenvalue weighted by Crippen LogP contribution is 2.23. The third kappa shape index (κ3) is 2.94. The van der Waals surface area contributed by atoms with Gasteiger partial charge in [-0.1, -0.05) is 36.9 Å². The van der Waals surface area contributed by atoms with Crippen molar-refractivity contribution in [2.75, 3.05) is 0 Å². The van der Waals surface area contributed by atoms with Crippen LogP contribution in [-0.2, 0) is 9.53 Å². The maximum Gasteiger partial charge on any atom is 0.339 e. The van der Waals surface area contributed by atoms with E-state index in [-0.39, 0.29) is 0 Å². The lowest BCUT2D eigenvalue weighted by Crippen LogP contribution is -2.34. The summed E-state index contributed by atoms with van der Waals surface area (Å²) in [5.41, 5.74) is 7.09. The molecular formula is C17H17NO3. The number of aryl methyl sites for hydroxylation is 1. The van der Waals surface area contributed by atoms with Crippen LogP contribution in [0.4, 0.5) is 0 Å². The summed E-state index contributed by atoms with van der Waals surface area (Å²) < 4.78 is 5.19. The van der Waals surface area contributed by atoms with E-state index in [2.05, 4.69) is 6.58 Å². The number of rotatable bonds is 4. The lowest BCUT2D eigenvalue weighted by atomic mass is 10.0. The second-order valence-electron chi connectivity index (χ2n) is 5.01. The fourth-order valence-corrected chi connectivity index (χ4v) is 2.20. The van der Waals surface area contributed by atoms with Crippen molar-refractivity contribution in [3.63, 3.8) is 0 Å². The highest BCUT2D eigenvalue weighted by Gasteiger charge is 2.23. The van der Waals surface area contributed by atoms with Gasteiger partial charge in [0.05, 0.1) is 5.56 Å². The van der Waals surface area contributed by atoms with Gasteiger partial charge in [0.15, 0.2) is 0 Å². The molecule has 4 nitrogen and oxygen atoms in total. The summed E-state index contributed by atoms with van der Waals surface area (Å²) in [5.74, 6) is -1.31. The second kappa shape index (κ2) is 5.79. The van der Waals surface area contributed by atoms with Crippen molar-refractivity contribution in [1.82, 2.24) is 0 Å². The van der Waals surface area contributed by atoms with Crippen LogP contribution in [-0.4, -0.2) is 18.0 Å². The van der Waals surface area contributed by atoms with Gasteiger partial charge in [-0.25, -0.2) is 4.79 Å².